The van der Waals surface area contributed by atoms with E-state index < -0.39 is 287 Å². The molecule has 6 nitrogen and oxygen atoms in total. The summed E-state index contributed by atoms with van der Waals surface area (Å²) in [4.78, 5) is 25.2. The van der Waals surface area contributed by atoms with Crippen molar-refractivity contribution in [3.63, 3.8) is 0 Å². The molecule has 0 saturated heterocycles. The largest absolute Gasteiger partial charge is 0.460 e. The number of ether oxygens (including phenoxy) is 2. The van der Waals surface area contributed by atoms with Crippen LogP contribution < -0.4 is 0 Å². The Labute approximate surface area is 683 Å². The monoisotopic (exact) mass is 2220 g/mol. The average Bonchev–Trinajstić information content (AvgIpc) is 0.646. The van der Waals surface area contributed by atoms with E-state index in [9.17, 15) is 362 Å². The third-order valence-electron chi connectivity index (χ3n) is 17.4. The maximum atomic E-state index is 14.7. The quantitative estimate of drug-likeness (QED) is 0.0500. The molecular formula is C52H16F78O6. The fourth-order valence-electron chi connectivity index (χ4n) is 9.03. The van der Waals surface area contributed by atoms with Gasteiger partial charge in [-0.05, 0) is 12.1 Å². The predicted molar refractivity (Wildman–Crippen MR) is 258 cm³/mol. The van der Waals surface area contributed by atoms with E-state index in [0.717, 1.165) is 0 Å². The summed E-state index contributed by atoms with van der Waals surface area (Å²) in [6, 6.07) is -0.245. The molecule has 1 aromatic rings. The highest BCUT2D eigenvalue weighted by atomic mass is 19.5. The summed E-state index contributed by atoms with van der Waals surface area (Å²) in [6.45, 7) is -6.14. The van der Waals surface area contributed by atoms with Gasteiger partial charge >= 0.3 is 238 Å². The van der Waals surface area contributed by atoms with Gasteiger partial charge in [-0.2, -0.15) is 342 Å². The van der Waals surface area contributed by atoms with Crippen LogP contribution >= 0.6 is 0 Å². The van der Waals surface area contributed by atoms with E-state index in [0.29, 0.717) is 0 Å². The van der Waals surface area contributed by atoms with Gasteiger partial charge in [-0.15, -0.1) is 0 Å². The maximum Gasteiger partial charge on any atom is 0.460 e. The van der Waals surface area contributed by atoms with Gasteiger partial charge in [0, 0.05) is 12.8 Å². The molecule has 0 aliphatic rings. The van der Waals surface area contributed by atoms with Crippen LogP contribution in [0.15, 0.2) is 24.3 Å². The summed E-state index contributed by atoms with van der Waals surface area (Å²) in [6.07, 6.45) is -35.1. The molecule has 2 unspecified atom stereocenters. The Hall–Kier alpha value is -7.38. The topological polar surface area (TPSA) is 93.1 Å². The first-order valence-electron chi connectivity index (χ1n) is 30.3. The van der Waals surface area contributed by atoms with Crippen molar-refractivity contribution in [2.24, 2.45) is 0 Å². The van der Waals surface area contributed by atoms with Crippen LogP contribution in [0.4, 0.5) is 342 Å². The van der Waals surface area contributed by atoms with Crippen LogP contribution in [-0.4, -0.2) is 273 Å². The second kappa shape index (κ2) is 33.1. The minimum absolute atomic E-state index is 0.124. The van der Waals surface area contributed by atoms with E-state index in [1.165, 1.54) is 0 Å². The van der Waals surface area contributed by atoms with Crippen molar-refractivity contribution >= 4 is 11.9 Å². The van der Waals surface area contributed by atoms with Crippen LogP contribution in [0.5, 0.6) is 0 Å². The SMILES string of the molecule is O=C(OCC(O)CC(F)(F)C(F)(F)C(F)(F)C(F)(F)C(F)(F)C(F)(F)C(F)(F)C(F)(F)C(F)(F)C(F)(F)C(F)(F)C(F)(F)C(F)(F)C(F)(F)C(F)(F)C(F)(F)C(F)(F)C(F)(F)C(F)(F)F)c1ccccc1C(=O)OCC(O)CC(F)(F)C(F)(F)C(F)(F)C(F)(F)C(F)(F)C(F)(F)C(F)(F)C(F)(F)C(F)(F)C(F)(F)C(F)(F)C(F)(F)C(F)(F)C(F)(F)C(F)(F)C(F)(F)C(F)(F)C(F)(F)C(F)(F)F. The van der Waals surface area contributed by atoms with E-state index in [4.69, 9.17) is 0 Å². The Kier molecular flexibility index (Phi) is 30.8. The molecule has 1 rings (SSSR count). The smallest absolute Gasteiger partial charge is 0.459 e. The minimum Gasteiger partial charge on any atom is -0.459 e. The highest BCUT2D eigenvalue weighted by Gasteiger charge is 3.07. The zero-order valence-corrected chi connectivity index (χ0v) is 59.3. The highest BCUT2D eigenvalue weighted by molar-refractivity contribution is 6.03. The van der Waals surface area contributed by atoms with Crippen LogP contribution in [0.2, 0.25) is 0 Å². The molecule has 0 spiro atoms. The van der Waals surface area contributed by atoms with Crippen molar-refractivity contribution < 1.29 is 372 Å². The minimum atomic E-state index is -10.9. The predicted octanol–water partition coefficient (Wildman–Crippen LogP) is 25.5. The molecule has 0 aliphatic heterocycles. The number of rotatable bonds is 44. The molecule has 0 saturated carbocycles. The summed E-state index contributed by atoms with van der Waals surface area (Å²) < 4.78 is 1100. The number of carbonyl (C=O) groups excluding carboxylic acids is 2. The van der Waals surface area contributed by atoms with Gasteiger partial charge in [0.15, 0.2) is 0 Å². The van der Waals surface area contributed by atoms with Gasteiger partial charge in [-0.25, -0.2) is 9.59 Å². The van der Waals surface area contributed by atoms with Gasteiger partial charge in [0.1, 0.15) is 13.2 Å². The summed E-state index contributed by atoms with van der Waals surface area (Å²) in [5, 5.41) is 19.2. The second-order valence-electron chi connectivity index (χ2n) is 26.4. The van der Waals surface area contributed by atoms with E-state index >= 15 is 0 Å². The van der Waals surface area contributed by atoms with Gasteiger partial charge in [0.05, 0.1) is 23.3 Å². The molecule has 84 heteroatoms. The molecule has 2 N–H and O–H groups in total. The first-order valence-corrected chi connectivity index (χ1v) is 30.3. The number of alkyl halides is 78. The third-order valence-corrected chi connectivity index (χ3v) is 17.4. The number of hydrogen-bond donors (Lipinski definition) is 2. The lowest BCUT2D eigenvalue weighted by Gasteiger charge is -2.47. The molecule has 0 radical (unpaired) electrons. The summed E-state index contributed by atoms with van der Waals surface area (Å²) >= 11 is 0. The molecular weight excluding hydrogens is 2200 g/mol. The van der Waals surface area contributed by atoms with E-state index in [-0.39, 0.29) is 24.3 Å². The number of aliphatic hydroxyl groups is 2. The number of halogens is 78. The van der Waals surface area contributed by atoms with Gasteiger partial charge < -0.3 is 19.7 Å². The Balaban J connectivity index is 3.81. The Morgan fingerprint density at radius 2 is 0.272 bits per heavy atom. The van der Waals surface area contributed by atoms with Crippen LogP contribution in [-0.2, 0) is 9.47 Å². The molecule has 0 aromatic heterocycles. The standard InChI is InChI=1S/C52H16F78O6/c53-15(54,17(57,58)19(61,62)21(65,66)23(69,70)25(73,74)27(77,78)29(81,82)31(85,86)33(89,90)35(93,94)37(97,98)39(101,102)41(105,106)43(109,110)45(113,114)47(117,118)49(121,122)51(125,126)127)5-9(131)7-135-13(133)11-3-1-2-4-12(11)14(134)136-8-10(132)6-16(55,56)18(59,60)20(63,64)22(67,68)24(71,72)26(75,76)28(79,80)30(83,84)32(87,88)34(91,92)36(95,96)38(99,100)40(103,104)42(107,108)44(111,112)46(115,116)48(119,120)50(123,124)52(128,129)130/h1-4,9-10,131-132H,5-8H2. The number of carbonyl (C=O) groups is 2. The fraction of sp³-hybridized carbons (Fsp3) is 0.846. The zero-order valence-electron chi connectivity index (χ0n) is 59.3. The fourth-order valence-corrected chi connectivity index (χ4v) is 9.03. The van der Waals surface area contributed by atoms with Gasteiger partial charge in [-0.3, -0.25) is 0 Å². The molecule has 136 heavy (non-hydrogen) atoms. The van der Waals surface area contributed by atoms with Crippen molar-refractivity contribution in [3.8, 4) is 0 Å². The first kappa shape index (κ1) is 127. The van der Waals surface area contributed by atoms with Crippen molar-refractivity contribution in [1.82, 2.24) is 0 Å². The van der Waals surface area contributed by atoms with Crippen LogP contribution in [0, 0.1) is 0 Å². The van der Waals surface area contributed by atoms with E-state index in [1.807, 2.05) is 0 Å². The number of benzene rings is 1. The number of aliphatic hydroxyl groups excluding tert-OH is 2. The Morgan fingerprint density at radius 1 is 0.176 bits per heavy atom. The normalized spacial score (nSPS) is 17.2. The van der Waals surface area contributed by atoms with Crippen LogP contribution in [0.25, 0.3) is 0 Å². The van der Waals surface area contributed by atoms with Gasteiger partial charge in [0.25, 0.3) is 0 Å². The molecule has 0 fully saturated rings. The van der Waals surface area contributed by atoms with E-state index in [1.54, 1.807) is 0 Å². The lowest BCUT2D eigenvalue weighted by molar-refractivity contribution is -0.494. The second-order valence-corrected chi connectivity index (χ2v) is 26.4. The Bertz CT molecular complexity index is 4130. The van der Waals surface area contributed by atoms with E-state index in [2.05, 4.69) is 9.47 Å². The first-order chi connectivity index (χ1) is 57.8. The maximum absolute atomic E-state index is 14.7. The van der Waals surface area contributed by atoms with Crippen molar-refractivity contribution in [3.05, 3.63) is 35.4 Å². The Morgan fingerprint density at radius 3 is 0.375 bits per heavy atom. The number of hydrogen-bond acceptors (Lipinski definition) is 6. The van der Waals surface area contributed by atoms with Crippen molar-refractivity contribution in [2.45, 2.75) is 251 Å². The van der Waals surface area contributed by atoms with Gasteiger partial charge in [-0.1, -0.05) is 12.1 Å². The van der Waals surface area contributed by atoms with Crippen molar-refractivity contribution in [2.75, 3.05) is 13.2 Å². The molecule has 0 aliphatic carbocycles. The molecule has 1 aromatic carbocycles. The number of esters is 2. The summed E-state index contributed by atoms with van der Waals surface area (Å²) in [7, 11) is 0. The van der Waals surface area contributed by atoms with Crippen LogP contribution in [0.1, 0.15) is 33.6 Å². The lowest BCUT2D eigenvalue weighted by Crippen LogP contribution is -2.80. The van der Waals surface area contributed by atoms with Gasteiger partial charge in [0.2, 0.25) is 0 Å². The molecule has 0 amide bonds. The molecule has 2 atom stereocenters. The summed E-state index contributed by atoms with van der Waals surface area (Å²) in [5.74, 6) is -375. The zero-order chi connectivity index (χ0) is 112. The summed E-state index contributed by atoms with van der Waals surface area (Å²) in [5.41, 5.74) is -4.17. The molecule has 0 heterocycles. The highest BCUT2D eigenvalue weighted by Crippen LogP contribution is 2.76. The van der Waals surface area contributed by atoms with Crippen molar-refractivity contribution in [1.29, 1.82) is 0 Å². The molecule has 0 bridgehead atoms. The molecule has 806 valence electrons. The van der Waals surface area contributed by atoms with Crippen LogP contribution in [0.3, 0.4) is 0 Å². The lowest BCUT2D eigenvalue weighted by atomic mass is 9.82. The average molecular weight is 2220 g/mol. The third kappa shape index (κ3) is 15.8.